The lowest BCUT2D eigenvalue weighted by atomic mass is 9.92. The fourth-order valence-corrected chi connectivity index (χ4v) is 4.30. The molecule has 4 N–H and O–H groups in total. The second-order valence-electron chi connectivity index (χ2n) is 10.2. The molecule has 1 aliphatic heterocycles. The Bertz CT molecular complexity index is 2480. The molecule has 1 heterocycles. The van der Waals surface area contributed by atoms with E-state index in [4.69, 9.17) is 29.4 Å². The van der Waals surface area contributed by atoms with Gasteiger partial charge in [-0.25, -0.2) is 4.79 Å². The maximum absolute atomic E-state index is 14.6. The largest absolute Gasteiger partial charge is 0.483 e. The maximum atomic E-state index is 14.6. The Labute approximate surface area is 305 Å². The molecule has 1 fully saturated rings. The van der Waals surface area contributed by atoms with Crippen LogP contribution < -0.4 is 20.7 Å². The van der Waals surface area contributed by atoms with Gasteiger partial charge >= 0.3 is 6.03 Å². The van der Waals surface area contributed by atoms with Gasteiger partial charge in [-0.3, -0.25) is 9.59 Å². The van der Waals surface area contributed by atoms with E-state index in [-0.39, 0.29) is 21.8 Å². The number of amides is 4. The molecule has 0 aliphatic carbocycles. The molecule has 0 unspecified atom stereocenters. The average Bonchev–Trinajstić information content (AvgIpc) is 3.22. The van der Waals surface area contributed by atoms with Crippen LogP contribution in [0.25, 0.3) is 0 Å². The van der Waals surface area contributed by atoms with Gasteiger partial charge in [0.15, 0.2) is 6.56 Å². The van der Waals surface area contributed by atoms with Gasteiger partial charge in [0.1, 0.15) is 11.8 Å². The lowest BCUT2D eigenvalue weighted by molar-refractivity contribution is -0.128. The summed E-state index contributed by atoms with van der Waals surface area (Å²) < 4.78 is 202. The highest BCUT2D eigenvalue weighted by Gasteiger charge is 2.35. The van der Waals surface area contributed by atoms with Gasteiger partial charge in [-0.1, -0.05) is 92.5 Å². The van der Waals surface area contributed by atoms with Gasteiger partial charge in [0.25, 0.3) is 5.91 Å². The van der Waals surface area contributed by atoms with Crippen LogP contribution in [0.2, 0.25) is 0 Å². The lowest BCUT2D eigenvalue weighted by Gasteiger charge is -2.37. The van der Waals surface area contributed by atoms with Crippen molar-refractivity contribution in [1.82, 2.24) is 20.9 Å². The van der Waals surface area contributed by atoms with E-state index in [2.05, 4.69) is 0 Å². The zero-order valence-electron chi connectivity index (χ0n) is 48.3. The van der Waals surface area contributed by atoms with Gasteiger partial charge in [0.05, 0.1) is 29.9 Å². The third kappa shape index (κ3) is 9.81. The smallest absolute Gasteiger partial charge is 0.318 e. The quantitative estimate of drug-likeness (QED) is 0.195. The molecule has 0 bridgehead atoms. The van der Waals surface area contributed by atoms with E-state index in [1.165, 1.54) is 39.8 Å². The maximum Gasteiger partial charge on any atom is 0.318 e. The molecule has 246 valence electrons. The fraction of sp³-hybridized carbons (Fsp3) is 0.432. The minimum atomic E-state index is -4.00. The molecule has 0 saturated carbocycles. The summed E-state index contributed by atoms with van der Waals surface area (Å²) in [6.45, 7) is -5.41. The Kier molecular flexibility index (Phi) is 5.49. The monoisotopic (exact) mass is 652 g/mol. The molecule has 4 atom stereocenters. The first kappa shape index (κ1) is 15.0. The molecule has 3 aromatic rings. The van der Waals surface area contributed by atoms with Crippen molar-refractivity contribution in [3.63, 3.8) is 0 Å². The first-order valence-electron chi connectivity index (χ1n) is 25.4. The van der Waals surface area contributed by atoms with Crippen LogP contribution in [0.3, 0.4) is 0 Å². The standard InChI is InChI=1S/C37H48N4O5/c1-25(2)34(41-20-12-19-38-37(41)45)36(44)39-30(21-28-15-7-5-8-16-28)23-32(42)31(22-29-17-9-6-10-18-29)40-33(43)24-46-35-26(3)13-11-14-27(35)4/h5-11,13-18,25,30-32,34,42H,12,19-24H2,1-4H3,(H,38,45)(H,39,44)(H,40,43)/t30-,31-,32-,34-/m0/s1/i5D,6D,7D,8D,9D,10D,12D2,15D,16D,17D,18D,19D2,20D2,21D2,22D2,24D2,31D. The molecular formula is C37H48N4O5. The van der Waals surface area contributed by atoms with Gasteiger partial charge in [-0.15, -0.1) is 0 Å². The number of nitrogens with one attached hydrogen (secondary N) is 3. The zero-order valence-corrected chi connectivity index (χ0v) is 25.3. The van der Waals surface area contributed by atoms with Crippen molar-refractivity contribution in [2.24, 2.45) is 5.92 Å². The summed E-state index contributed by atoms with van der Waals surface area (Å²) in [5, 5.41) is 17.6. The van der Waals surface area contributed by atoms with Crippen LogP contribution in [0.15, 0.2) is 78.6 Å². The number of nitrogens with zero attached hydrogens (tertiary/aromatic N) is 1. The van der Waals surface area contributed by atoms with E-state index < -0.39 is 165 Å². The third-order valence-corrected chi connectivity index (χ3v) is 6.40. The summed E-state index contributed by atoms with van der Waals surface area (Å²) in [5.74, 6) is -5.25. The Morgan fingerprint density at radius 1 is 1.04 bits per heavy atom. The van der Waals surface area contributed by atoms with Crippen LogP contribution in [0, 0.1) is 19.8 Å². The summed E-state index contributed by atoms with van der Waals surface area (Å²) in [7, 11) is 0. The molecule has 0 aromatic heterocycles. The molecule has 9 heteroatoms. The van der Waals surface area contributed by atoms with Gasteiger partial charge in [-0.05, 0) is 67.6 Å². The van der Waals surface area contributed by atoms with Crippen molar-refractivity contribution in [3.05, 3.63) is 101 Å². The summed E-state index contributed by atoms with van der Waals surface area (Å²) >= 11 is 0. The second-order valence-corrected chi connectivity index (χ2v) is 10.2. The van der Waals surface area contributed by atoms with Crippen LogP contribution in [-0.4, -0.2) is 71.6 Å². The molecule has 46 heavy (non-hydrogen) atoms. The molecule has 4 rings (SSSR count). The first-order valence-corrected chi connectivity index (χ1v) is 13.9. The number of aliphatic hydroxyl groups excluding tert-OH is 1. The zero-order chi connectivity index (χ0) is 53.4. The molecule has 0 spiro atoms. The highest BCUT2D eigenvalue weighted by Crippen LogP contribution is 2.22. The number of ether oxygens (including phenoxy) is 1. The topological polar surface area (TPSA) is 120 Å². The van der Waals surface area contributed by atoms with E-state index in [0.717, 1.165) is 0 Å². The molecule has 0 radical (unpaired) electrons. The number of carbonyl (C=O) groups is 3. The number of carbonyl (C=O) groups excluding carboxylic acids is 3. The van der Waals surface area contributed by atoms with Crippen molar-refractivity contribution in [2.75, 3.05) is 19.6 Å². The van der Waals surface area contributed by atoms with Crippen LogP contribution in [0.1, 0.15) is 80.4 Å². The number of urea groups is 1. The van der Waals surface area contributed by atoms with Crippen LogP contribution in [0.5, 0.6) is 5.75 Å². The minimum Gasteiger partial charge on any atom is -0.483 e. The molecule has 1 aliphatic rings. The van der Waals surface area contributed by atoms with Gasteiger partial charge in [0, 0.05) is 32.7 Å². The van der Waals surface area contributed by atoms with Gasteiger partial charge in [-0.2, -0.15) is 0 Å². The van der Waals surface area contributed by atoms with Crippen LogP contribution >= 0.6 is 0 Å². The van der Waals surface area contributed by atoms with Crippen molar-refractivity contribution in [3.8, 4) is 5.75 Å². The van der Waals surface area contributed by atoms with Crippen molar-refractivity contribution >= 4 is 17.8 Å². The predicted octanol–water partition coefficient (Wildman–Crippen LogP) is 4.33. The molecule has 3 aromatic carbocycles. The summed E-state index contributed by atoms with van der Waals surface area (Å²) in [6.07, 6.45) is -16.1. The Balaban J connectivity index is 2.04. The Morgan fingerprint density at radius 2 is 1.65 bits per heavy atom. The number of hydrogen-bond donors (Lipinski definition) is 4. The average molecular weight is 652 g/mol. The minimum absolute atomic E-state index is 0.0355. The molecular weight excluding hydrogens is 580 g/mol. The van der Waals surface area contributed by atoms with Gasteiger partial charge < -0.3 is 30.7 Å². The third-order valence-electron chi connectivity index (χ3n) is 6.40. The van der Waals surface area contributed by atoms with Crippen molar-refractivity contribution < 1.29 is 55.8 Å². The Morgan fingerprint density at radius 3 is 2.26 bits per heavy atom. The highest BCUT2D eigenvalue weighted by atomic mass is 16.5. The normalized spacial score (nSPS) is 27.9. The lowest BCUT2D eigenvalue weighted by Crippen LogP contribution is -2.59. The van der Waals surface area contributed by atoms with Crippen LogP contribution in [0.4, 0.5) is 4.79 Å². The van der Waals surface area contributed by atoms with E-state index in [0.29, 0.717) is 0 Å². The summed E-state index contributed by atoms with van der Waals surface area (Å²) in [4.78, 5) is 42.0. The fourth-order valence-electron chi connectivity index (χ4n) is 4.30. The number of aliphatic hydroxyl groups is 1. The summed E-state index contributed by atoms with van der Waals surface area (Å²) in [6, 6.07) is -18.1. The first-order chi connectivity index (χ1) is 31.1. The van der Waals surface area contributed by atoms with E-state index in [1.54, 1.807) is 16.7 Å². The molecule has 9 nitrogen and oxygen atoms in total. The second kappa shape index (κ2) is 16.8. The number of rotatable bonds is 15. The number of hydrogen-bond acceptors (Lipinski definition) is 5. The summed E-state index contributed by atoms with van der Waals surface area (Å²) in [5.41, 5.74) is -2.12. The number of benzene rings is 3. The Hall–Kier alpha value is -4.37. The van der Waals surface area contributed by atoms with Crippen molar-refractivity contribution in [1.29, 1.82) is 0 Å². The van der Waals surface area contributed by atoms with E-state index in [9.17, 15) is 26.3 Å². The predicted molar refractivity (Wildman–Crippen MR) is 180 cm³/mol. The van der Waals surface area contributed by atoms with E-state index >= 15 is 0 Å². The van der Waals surface area contributed by atoms with Crippen molar-refractivity contribution in [2.45, 2.75) is 77.4 Å². The molecule has 1 saturated heterocycles. The number of para-hydroxylation sites is 1. The highest BCUT2D eigenvalue weighted by molar-refractivity contribution is 5.87. The SMILES string of the molecule is [2H]c1c([2H])c([2H])c(C([2H])([2H])[C@@H](C[C@H](O)[C@@]([2H])(NC(=O)C([2H])([2H])Oc2c(C)cccc2C)C([2H])([2H])c2c([2H])c([2H])c([2H])c([2H])c2[2H])NC(=O)[C@H](C(C)C)N2C(=O)NC([2H])([2H])C([2H])([2H])C2([2H])[2H])c([2H])c1[2H]. The number of aryl methyl sites for hydroxylation is 2. The van der Waals surface area contributed by atoms with Crippen LogP contribution in [-0.2, 0) is 22.3 Å². The van der Waals surface area contributed by atoms with E-state index in [1.807, 2.05) is 5.32 Å². The molecule has 4 amide bonds. The van der Waals surface area contributed by atoms with Gasteiger partial charge in [0.2, 0.25) is 5.91 Å².